The van der Waals surface area contributed by atoms with E-state index in [-0.39, 0.29) is 12.6 Å². The van der Waals surface area contributed by atoms with Crippen molar-refractivity contribution in [3.05, 3.63) is 0 Å². The predicted octanol–water partition coefficient (Wildman–Crippen LogP) is -1.15. The number of nitrogens with zero attached hydrogens (tertiary/aromatic N) is 1. The first-order valence-electron chi connectivity index (χ1n) is 4.32. The Morgan fingerprint density at radius 2 is 2.07 bits per heavy atom. The Balaban J connectivity index is 3.72. The summed E-state index contributed by atoms with van der Waals surface area (Å²) in [7, 11) is -3.13. The molecule has 0 spiro atoms. The Labute approximate surface area is 85.0 Å². The molecule has 7 heteroatoms. The van der Waals surface area contributed by atoms with Gasteiger partial charge in [0.1, 0.15) is 0 Å². The van der Waals surface area contributed by atoms with E-state index in [2.05, 4.69) is 15.0 Å². The zero-order valence-electron chi connectivity index (χ0n) is 8.74. The molecule has 0 fully saturated rings. The van der Waals surface area contributed by atoms with Gasteiger partial charge in [0, 0.05) is 12.6 Å². The first-order valence-corrected chi connectivity index (χ1v) is 6.21. The molecule has 0 saturated heterocycles. The zero-order chi connectivity index (χ0) is 11.2. The van der Waals surface area contributed by atoms with Crippen molar-refractivity contribution in [3.8, 4) is 0 Å². The number of aliphatic imine (C=N–C) groups is 1. The SMILES string of the molecule is CC(C)NC(N)=NCCNS(C)(=O)=O. The smallest absolute Gasteiger partial charge is 0.208 e. The van der Waals surface area contributed by atoms with E-state index in [0.29, 0.717) is 12.5 Å². The molecule has 84 valence electrons. The van der Waals surface area contributed by atoms with Gasteiger partial charge in [0.05, 0.1) is 12.8 Å². The molecule has 0 aliphatic carbocycles. The van der Waals surface area contributed by atoms with Gasteiger partial charge in [-0.05, 0) is 13.8 Å². The predicted molar refractivity (Wildman–Crippen MR) is 57.6 cm³/mol. The Morgan fingerprint density at radius 3 is 2.50 bits per heavy atom. The molecule has 0 radical (unpaired) electrons. The van der Waals surface area contributed by atoms with Crippen molar-refractivity contribution >= 4 is 16.0 Å². The van der Waals surface area contributed by atoms with Crippen LogP contribution in [0.3, 0.4) is 0 Å². The van der Waals surface area contributed by atoms with Gasteiger partial charge in [0.15, 0.2) is 5.96 Å². The van der Waals surface area contributed by atoms with Crippen molar-refractivity contribution in [1.29, 1.82) is 0 Å². The van der Waals surface area contributed by atoms with Crippen LogP contribution in [-0.4, -0.2) is 39.8 Å². The van der Waals surface area contributed by atoms with Gasteiger partial charge in [-0.2, -0.15) is 0 Å². The van der Waals surface area contributed by atoms with Gasteiger partial charge in [0.2, 0.25) is 10.0 Å². The van der Waals surface area contributed by atoms with E-state index in [1.54, 1.807) is 0 Å². The van der Waals surface area contributed by atoms with Crippen LogP contribution in [0.1, 0.15) is 13.8 Å². The van der Waals surface area contributed by atoms with Crippen molar-refractivity contribution in [2.45, 2.75) is 19.9 Å². The van der Waals surface area contributed by atoms with Crippen LogP contribution in [0.5, 0.6) is 0 Å². The first-order chi connectivity index (χ1) is 6.31. The van der Waals surface area contributed by atoms with Gasteiger partial charge in [0.25, 0.3) is 0 Å². The summed E-state index contributed by atoms with van der Waals surface area (Å²) in [5.74, 6) is 0.329. The van der Waals surface area contributed by atoms with Crippen molar-refractivity contribution in [2.75, 3.05) is 19.3 Å². The maximum Gasteiger partial charge on any atom is 0.208 e. The van der Waals surface area contributed by atoms with Crippen LogP contribution < -0.4 is 15.8 Å². The van der Waals surface area contributed by atoms with Gasteiger partial charge in [-0.25, -0.2) is 13.1 Å². The fourth-order valence-corrected chi connectivity index (χ4v) is 1.21. The second-order valence-corrected chi connectivity index (χ2v) is 5.07. The number of nitrogens with one attached hydrogen (secondary N) is 2. The minimum Gasteiger partial charge on any atom is -0.370 e. The van der Waals surface area contributed by atoms with Gasteiger partial charge >= 0.3 is 0 Å². The Hall–Kier alpha value is -0.820. The number of hydrogen-bond donors (Lipinski definition) is 3. The highest BCUT2D eigenvalue weighted by Gasteiger charge is 1.98. The minimum atomic E-state index is -3.13. The summed E-state index contributed by atoms with van der Waals surface area (Å²) in [6.07, 6.45) is 1.10. The molecule has 0 heterocycles. The molecule has 6 nitrogen and oxygen atoms in total. The largest absolute Gasteiger partial charge is 0.370 e. The molecule has 0 aliphatic rings. The fraction of sp³-hybridized carbons (Fsp3) is 0.857. The summed E-state index contributed by atoms with van der Waals surface area (Å²) in [5.41, 5.74) is 5.49. The lowest BCUT2D eigenvalue weighted by atomic mass is 10.4. The average molecular weight is 222 g/mol. The first kappa shape index (κ1) is 13.2. The van der Waals surface area contributed by atoms with Gasteiger partial charge in [-0.3, -0.25) is 4.99 Å². The van der Waals surface area contributed by atoms with E-state index in [9.17, 15) is 8.42 Å². The highest BCUT2D eigenvalue weighted by molar-refractivity contribution is 7.88. The van der Waals surface area contributed by atoms with Gasteiger partial charge < -0.3 is 11.1 Å². The van der Waals surface area contributed by atoms with Gasteiger partial charge in [-0.1, -0.05) is 0 Å². The molecular formula is C7H18N4O2S. The summed E-state index contributed by atoms with van der Waals surface area (Å²) < 4.78 is 23.6. The number of nitrogens with two attached hydrogens (primary N) is 1. The highest BCUT2D eigenvalue weighted by Crippen LogP contribution is 1.77. The van der Waals surface area contributed by atoms with E-state index >= 15 is 0 Å². The van der Waals surface area contributed by atoms with Gasteiger partial charge in [-0.15, -0.1) is 0 Å². The molecule has 0 aromatic heterocycles. The Bertz CT molecular complexity index is 284. The molecule has 0 aliphatic heterocycles. The molecule has 4 N–H and O–H groups in total. The summed E-state index contributed by atoms with van der Waals surface area (Å²) in [6.45, 7) is 4.48. The molecule has 0 aromatic carbocycles. The molecular weight excluding hydrogens is 204 g/mol. The van der Waals surface area contributed by atoms with E-state index in [0.717, 1.165) is 6.26 Å². The molecule has 0 bridgehead atoms. The third-order valence-corrected chi connectivity index (χ3v) is 1.92. The van der Waals surface area contributed by atoms with Crippen LogP contribution in [0.2, 0.25) is 0 Å². The van der Waals surface area contributed by atoms with Crippen LogP contribution >= 0.6 is 0 Å². The van der Waals surface area contributed by atoms with Crippen molar-refractivity contribution in [1.82, 2.24) is 10.0 Å². The topological polar surface area (TPSA) is 96.6 Å². The number of guanidine groups is 1. The Morgan fingerprint density at radius 1 is 1.50 bits per heavy atom. The molecule has 0 unspecified atom stereocenters. The van der Waals surface area contributed by atoms with Crippen LogP contribution in [0, 0.1) is 0 Å². The lowest BCUT2D eigenvalue weighted by Crippen LogP contribution is -2.37. The van der Waals surface area contributed by atoms with Crippen molar-refractivity contribution in [2.24, 2.45) is 10.7 Å². The van der Waals surface area contributed by atoms with Crippen LogP contribution in [0.25, 0.3) is 0 Å². The van der Waals surface area contributed by atoms with E-state index in [1.807, 2.05) is 13.8 Å². The maximum absolute atomic E-state index is 10.6. The third kappa shape index (κ3) is 9.27. The third-order valence-electron chi connectivity index (χ3n) is 1.19. The molecule has 0 amide bonds. The van der Waals surface area contributed by atoms with E-state index in [1.165, 1.54) is 0 Å². The quantitative estimate of drug-likeness (QED) is 0.311. The van der Waals surface area contributed by atoms with E-state index in [4.69, 9.17) is 5.73 Å². The monoisotopic (exact) mass is 222 g/mol. The summed E-state index contributed by atoms with van der Waals surface area (Å²) in [4.78, 5) is 3.92. The maximum atomic E-state index is 10.6. The molecule has 0 saturated carbocycles. The van der Waals surface area contributed by atoms with Crippen LogP contribution in [0.15, 0.2) is 4.99 Å². The summed E-state index contributed by atoms with van der Waals surface area (Å²) >= 11 is 0. The minimum absolute atomic E-state index is 0.224. The van der Waals surface area contributed by atoms with Crippen molar-refractivity contribution in [3.63, 3.8) is 0 Å². The summed E-state index contributed by atoms with van der Waals surface area (Å²) in [6, 6.07) is 0.224. The molecule has 0 aromatic rings. The average Bonchev–Trinajstić information content (AvgIpc) is 1.95. The highest BCUT2D eigenvalue weighted by atomic mass is 32.2. The Kier molecular flexibility index (Phi) is 5.47. The number of rotatable bonds is 5. The fourth-order valence-electron chi connectivity index (χ4n) is 0.749. The normalized spacial score (nSPS) is 13.3. The molecule has 0 rings (SSSR count). The standard InChI is InChI=1S/C7H18N4O2S/c1-6(2)11-7(8)9-4-5-10-14(3,12)13/h6,10H,4-5H2,1-3H3,(H3,8,9,11). The zero-order valence-corrected chi connectivity index (χ0v) is 9.56. The van der Waals surface area contributed by atoms with Crippen LogP contribution in [-0.2, 0) is 10.0 Å². The van der Waals surface area contributed by atoms with E-state index < -0.39 is 10.0 Å². The number of sulfonamides is 1. The van der Waals surface area contributed by atoms with Crippen molar-refractivity contribution < 1.29 is 8.42 Å². The number of hydrogen-bond acceptors (Lipinski definition) is 3. The summed E-state index contributed by atoms with van der Waals surface area (Å²) in [5, 5.41) is 2.89. The van der Waals surface area contributed by atoms with Crippen LogP contribution in [0.4, 0.5) is 0 Å². The lowest BCUT2D eigenvalue weighted by molar-refractivity contribution is 0.588. The molecule has 14 heavy (non-hydrogen) atoms. The second kappa shape index (κ2) is 5.82. The molecule has 0 atom stereocenters. The lowest BCUT2D eigenvalue weighted by Gasteiger charge is -2.08. The second-order valence-electron chi connectivity index (χ2n) is 3.23.